The van der Waals surface area contributed by atoms with Crippen molar-refractivity contribution >= 4 is 12.1 Å². The number of hydrogen-bond acceptors (Lipinski definition) is 4. The van der Waals surface area contributed by atoms with Crippen molar-refractivity contribution in [1.82, 2.24) is 5.32 Å². The van der Waals surface area contributed by atoms with E-state index in [4.69, 9.17) is 4.74 Å². The summed E-state index contributed by atoms with van der Waals surface area (Å²) in [5.74, 6) is -0.355. The molecule has 0 atom stereocenters. The molecule has 0 spiro atoms. The van der Waals surface area contributed by atoms with Crippen molar-refractivity contribution in [3.8, 4) is 0 Å². The van der Waals surface area contributed by atoms with Gasteiger partial charge in [0.1, 0.15) is 6.61 Å². The third-order valence-corrected chi connectivity index (χ3v) is 1.41. The van der Waals surface area contributed by atoms with Crippen LogP contribution in [-0.4, -0.2) is 31.8 Å². The monoisotopic (exact) mass is 203 g/mol. The topological polar surface area (TPSA) is 64.6 Å². The molecule has 0 saturated heterocycles. The highest BCUT2D eigenvalue weighted by Gasteiger charge is 2.00. The second-order valence-corrected chi connectivity index (χ2v) is 2.76. The van der Waals surface area contributed by atoms with E-state index in [2.05, 4.69) is 10.1 Å². The summed E-state index contributed by atoms with van der Waals surface area (Å²) in [6.07, 6.45) is 1.38. The molecule has 0 unspecified atom stereocenters. The minimum atomic E-state index is -0.467. The van der Waals surface area contributed by atoms with E-state index in [1.54, 1.807) is 0 Å². The summed E-state index contributed by atoms with van der Waals surface area (Å²) in [4.78, 5) is 21.2. The summed E-state index contributed by atoms with van der Waals surface area (Å²) in [7, 11) is 0. The maximum absolute atomic E-state index is 10.9. The van der Waals surface area contributed by atoms with Crippen molar-refractivity contribution in [3.05, 3.63) is 0 Å². The Balaban J connectivity index is 3.22. The van der Waals surface area contributed by atoms with Crippen LogP contribution in [0.3, 0.4) is 0 Å². The van der Waals surface area contributed by atoms with Gasteiger partial charge in [0, 0.05) is 6.92 Å². The Morgan fingerprint density at radius 3 is 2.50 bits per heavy atom. The van der Waals surface area contributed by atoms with Gasteiger partial charge in [0.2, 0.25) is 0 Å². The molecule has 0 aromatic carbocycles. The molecular formula is C9H17NO4. The highest BCUT2D eigenvalue weighted by molar-refractivity contribution is 5.67. The number of amides is 1. The van der Waals surface area contributed by atoms with Crippen molar-refractivity contribution in [3.63, 3.8) is 0 Å². The molecule has 0 aromatic heterocycles. The van der Waals surface area contributed by atoms with Gasteiger partial charge in [-0.25, -0.2) is 4.79 Å². The highest BCUT2D eigenvalue weighted by atomic mass is 16.6. The van der Waals surface area contributed by atoms with Gasteiger partial charge in [0.15, 0.2) is 0 Å². The molecule has 0 bridgehead atoms. The summed E-state index contributed by atoms with van der Waals surface area (Å²) >= 11 is 0. The van der Waals surface area contributed by atoms with Gasteiger partial charge < -0.3 is 14.8 Å². The van der Waals surface area contributed by atoms with Crippen LogP contribution in [0, 0.1) is 0 Å². The third kappa shape index (κ3) is 8.83. The SMILES string of the molecule is CCCCOC(=O)NCCOC(C)=O. The molecule has 0 aliphatic rings. The van der Waals surface area contributed by atoms with Crippen molar-refractivity contribution < 1.29 is 19.1 Å². The van der Waals surface area contributed by atoms with Gasteiger partial charge in [0.05, 0.1) is 13.2 Å². The summed E-state index contributed by atoms with van der Waals surface area (Å²) in [6.45, 7) is 4.22. The number of hydrogen-bond donors (Lipinski definition) is 1. The fraction of sp³-hybridized carbons (Fsp3) is 0.778. The Morgan fingerprint density at radius 2 is 1.93 bits per heavy atom. The van der Waals surface area contributed by atoms with Crippen molar-refractivity contribution in [2.75, 3.05) is 19.8 Å². The average Bonchev–Trinajstić information content (AvgIpc) is 2.13. The molecule has 5 nitrogen and oxygen atoms in total. The minimum absolute atomic E-state index is 0.179. The van der Waals surface area contributed by atoms with E-state index in [0.717, 1.165) is 12.8 Å². The molecule has 0 rings (SSSR count). The zero-order chi connectivity index (χ0) is 10.8. The summed E-state index contributed by atoms with van der Waals surface area (Å²) in [6, 6.07) is 0. The van der Waals surface area contributed by atoms with Gasteiger partial charge in [-0.3, -0.25) is 4.79 Å². The summed E-state index contributed by atoms with van der Waals surface area (Å²) in [5, 5.41) is 2.46. The van der Waals surface area contributed by atoms with Crippen LogP contribution in [0.1, 0.15) is 26.7 Å². The Morgan fingerprint density at radius 1 is 1.21 bits per heavy atom. The predicted molar refractivity (Wildman–Crippen MR) is 50.9 cm³/mol. The van der Waals surface area contributed by atoms with Gasteiger partial charge in [-0.1, -0.05) is 13.3 Å². The van der Waals surface area contributed by atoms with Crippen LogP contribution in [0.4, 0.5) is 4.79 Å². The standard InChI is InChI=1S/C9H17NO4/c1-3-4-6-14-9(12)10-5-7-13-8(2)11/h3-7H2,1-2H3,(H,10,12). The van der Waals surface area contributed by atoms with Crippen LogP contribution in [0.15, 0.2) is 0 Å². The van der Waals surface area contributed by atoms with Crippen LogP contribution in [0.25, 0.3) is 0 Å². The van der Waals surface area contributed by atoms with E-state index in [1.807, 2.05) is 6.92 Å². The smallest absolute Gasteiger partial charge is 0.407 e. The van der Waals surface area contributed by atoms with E-state index in [-0.39, 0.29) is 19.1 Å². The highest BCUT2D eigenvalue weighted by Crippen LogP contribution is 1.87. The van der Waals surface area contributed by atoms with Crippen LogP contribution < -0.4 is 5.32 Å². The first-order valence-electron chi connectivity index (χ1n) is 4.70. The molecule has 0 radical (unpaired) electrons. The summed E-state index contributed by atoms with van der Waals surface area (Å²) < 4.78 is 9.41. The Hall–Kier alpha value is -1.26. The Kier molecular flexibility index (Phi) is 7.59. The average molecular weight is 203 g/mol. The number of alkyl carbamates (subject to hydrolysis) is 1. The van der Waals surface area contributed by atoms with E-state index in [0.29, 0.717) is 6.61 Å². The van der Waals surface area contributed by atoms with E-state index >= 15 is 0 Å². The number of carbonyl (C=O) groups is 2. The number of rotatable bonds is 6. The maximum atomic E-state index is 10.9. The second kappa shape index (κ2) is 8.34. The number of nitrogens with one attached hydrogen (secondary N) is 1. The molecule has 82 valence electrons. The second-order valence-electron chi connectivity index (χ2n) is 2.76. The van der Waals surface area contributed by atoms with Gasteiger partial charge in [0.25, 0.3) is 0 Å². The van der Waals surface area contributed by atoms with Crippen LogP contribution in [0.2, 0.25) is 0 Å². The normalized spacial score (nSPS) is 9.29. The molecule has 0 heterocycles. The third-order valence-electron chi connectivity index (χ3n) is 1.41. The number of unbranched alkanes of at least 4 members (excludes halogenated alkanes) is 1. The molecule has 0 aliphatic heterocycles. The van der Waals surface area contributed by atoms with E-state index < -0.39 is 6.09 Å². The number of esters is 1. The lowest BCUT2D eigenvalue weighted by atomic mass is 10.4. The number of ether oxygens (including phenoxy) is 2. The molecule has 5 heteroatoms. The molecular weight excluding hydrogens is 186 g/mol. The molecule has 0 aromatic rings. The van der Waals surface area contributed by atoms with Crippen LogP contribution in [0.5, 0.6) is 0 Å². The lowest BCUT2D eigenvalue weighted by Crippen LogP contribution is -2.28. The van der Waals surface area contributed by atoms with Gasteiger partial charge >= 0.3 is 12.1 Å². The molecule has 0 saturated carbocycles. The quantitative estimate of drug-likeness (QED) is 0.518. The lowest BCUT2D eigenvalue weighted by Gasteiger charge is -2.06. The lowest BCUT2D eigenvalue weighted by molar-refractivity contribution is -0.140. The van der Waals surface area contributed by atoms with Crippen molar-refractivity contribution in [2.45, 2.75) is 26.7 Å². The molecule has 1 N–H and O–H groups in total. The van der Waals surface area contributed by atoms with Crippen molar-refractivity contribution in [1.29, 1.82) is 0 Å². The Labute approximate surface area is 83.8 Å². The van der Waals surface area contributed by atoms with Gasteiger partial charge in [-0.15, -0.1) is 0 Å². The largest absolute Gasteiger partial charge is 0.464 e. The molecule has 14 heavy (non-hydrogen) atoms. The fourth-order valence-corrected chi connectivity index (χ4v) is 0.708. The first kappa shape index (κ1) is 12.7. The molecule has 1 amide bonds. The molecule has 0 fully saturated rings. The van der Waals surface area contributed by atoms with E-state index in [1.165, 1.54) is 6.92 Å². The van der Waals surface area contributed by atoms with Crippen LogP contribution >= 0.6 is 0 Å². The molecule has 0 aliphatic carbocycles. The zero-order valence-electron chi connectivity index (χ0n) is 8.67. The first-order chi connectivity index (χ1) is 6.66. The zero-order valence-corrected chi connectivity index (χ0v) is 8.67. The summed E-state index contributed by atoms with van der Waals surface area (Å²) in [5.41, 5.74) is 0. The fourth-order valence-electron chi connectivity index (χ4n) is 0.708. The van der Waals surface area contributed by atoms with Gasteiger partial charge in [-0.05, 0) is 6.42 Å². The first-order valence-corrected chi connectivity index (χ1v) is 4.70. The van der Waals surface area contributed by atoms with Gasteiger partial charge in [-0.2, -0.15) is 0 Å². The van der Waals surface area contributed by atoms with Crippen LogP contribution in [-0.2, 0) is 14.3 Å². The number of carbonyl (C=O) groups excluding carboxylic acids is 2. The predicted octanol–water partition coefficient (Wildman–Crippen LogP) is 1.08. The maximum Gasteiger partial charge on any atom is 0.407 e. The minimum Gasteiger partial charge on any atom is -0.464 e. The Bertz CT molecular complexity index is 182. The van der Waals surface area contributed by atoms with E-state index in [9.17, 15) is 9.59 Å². The van der Waals surface area contributed by atoms with Crippen molar-refractivity contribution in [2.24, 2.45) is 0 Å².